The number of nitrogen functional groups attached to an aromatic ring is 1. The molecule has 3 heterocycles. The van der Waals surface area contributed by atoms with Crippen molar-refractivity contribution in [3.63, 3.8) is 0 Å². The van der Waals surface area contributed by atoms with Gasteiger partial charge in [0.2, 0.25) is 4.96 Å². The van der Waals surface area contributed by atoms with Gasteiger partial charge in [-0.25, -0.2) is 0 Å². The van der Waals surface area contributed by atoms with Crippen LogP contribution in [0.3, 0.4) is 0 Å². The van der Waals surface area contributed by atoms with Gasteiger partial charge in [0.1, 0.15) is 16.8 Å². The molecule has 0 aliphatic heterocycles. The first kappa shape index (κ1) is 9.74. The molecule has 0 aliphatic carbocycles. The molecule has 0 saturated heterocycles. The van der Waals surface area contributed by atoms with E-state index in [2.05, 4.69) is 15.2 Å². The summed E-state index contributed by atoms with van der Waals surface area (Å²) < 4.78 is 1.68. The molecule has 0 saturated carbocycles. The molecule has 3 rings (SSSR count). The van der Waals surface area contributed by atoms with Crippen molar-refractivity contribution in [2.75, 3.05) is 5.73 Å². The van der Waals surface area contributed by atoms with Crippen LogP contribution < -0.4 is 5.73 Å². The highest BCUT2D eigenvalue weighted by atomic mass is 32.1. The van der Waals surface area contributed by atoms with E-state index in [1.807, 2.05) is 18.2 Å². The molecule has 0 spiro atoms. The molecule has 3 aromatic rings. The van der Waals surface area contributed by atoms with Crippen LogP contribution >= 0.6 is 11.3 Å². The van der Waals surface area contributed by atoms with Crippen LogP contribution in [0.1, 0.15) is 4.88 Å². The Bertz CT molecular complexity index is 720. The largest absolute Gasteiger partial charge is 0.383 e. The summed E-state index contributed by atoms with van der Waals surface area (Å²) in [6, 6.07) is 5.68. The number of fused-ring (bicyclic) bond motifs is 1. The van der Waals surface area contributed by atoms with E-state index in [0.29, 0.717) is 21.5 Å². The van der Waals surface area contributed by atoms with Crippen LogP contribution in [0.5, 0.6) is 0 Å². The smallest absolute Gasteiger partial charge is 0.219 e. The number of hydrogen-bond donors (Lipinski definition) is 1. The summed E-state index contributed by atoms with van der Waals surface area (Å²) in [4.78, 5) is 5.01. The second kappa shape index (κ2) is 3.54. The number of nitriles is 1. The first-order chi connectivity index (χ1) is 8.31. The lowest BCUT2D eigenvalue weighted by atomic mass is 10.2. The summed E-state index contributed by atoms with van der Waals surface area (Å²) in [6.45, 7) is 0. The van der Waals surface area contributed by atoms with Crippen LogP contribution in [-0.2, 0) is 0 Å². The van der Waals surface area contributed by atoms with Crippen molar-refractivity contribution in [3.8, 4) is 17.5 Å². The molecule has 0 aliphatic rings. The maximum atomic E-state index is 8.91. The third-order valence-corrected chi connectivity index (χ3v) is 3.29. The number of thiazole rings is 1. The van der Waals surface area contributed by atoms with Crippen molar-refractivity contribution >= 4 is 22.1 Å². The fraction of sp³-hybridized carbons (Fsp3) is 0. The van der Waals surface area contributed by atoms with Gasteiger partial charge < -0.3 is 5.73 Å². The molecule has 3 aromatic heterocycles. The van der Waals surface area contributed by atoms with Crippen molar-refractivity contribution in [3.05, 3.63) is 29.4 Å². The zero-order chi connectivity index (χ0) is 11.8. The number of nitrogens with two attached hydrogens (primary N) is 1. The van der Waals surface area contributed by atoms with Crippen LogP contribution in [0.25, 0.3) is 16.3 Å². The lowest BCUT2D eigenvalue weighted by molar-refractivity contribution is 1.11. The molecule has 2 N–H and O–H groups in total. The highest BCUT2D eigenvalue weighted by Gasteiger charge is 2.16. The van der Waals surface area contributed by atoms with E-state index in [4.69, 9.17) is 11.0 Å². The van der Waals surface area contributed by atoms with Gasteiger partial charge in [0, 0.05) is 18.0 Å². The molecule has 0 atom stereocenters. The van der Waals surface area contributed by atoms with Gasteiger partial charge in [-0.2, -0.15) is 5.26 Å². The highest BCUT2D eigenvalue weighted by molar-refractivity contribution is 7.18. The first-order valence-corrected chi connectivity index (χ1v) is 5.57. The Morgan fingerprint density at radius 1 is 1.29 bits per heavy atom. The fourth-order valence-electron chi connectivity index (χ4n) is 1.57. The summed E-state index contributed by atoms with van der Waals surface area (Å²) in [5.41, 5.74) is 6.75. The summed E-state index contributed by atoms with van der Waals surface area (Å²) in [5.74, 6) is 1.00. The molecule has 0 fully saturated rings. The summed E-state index contributed by atoms with van der Waals surface area (Å²) >= 11 is 1.23. The zero-order valence-corrected chi connectivity index (χ0v) is 9.35. The lowest BCUT2D eigenvalue weighted by Gasteiger charge is -1.98. The van der Waals surface area contributed by atoms with Gasteiger partial charge in [-0.05, 0) is 12.1 Å². The number of nitrogens with zero attached hydrogens (tertiary/aromatic N) is 5. The molecule has 0 aromatic carbocycles. The maximum absolute atomic E-state index is 8.91. The molecular formula is C10H6N6S. The van der Waals surface area contributed by atoms with Crippen molar-refractivity contribution in [1.82, 2.24) is 19.6 Å². The summed E-state index contributed by atoms with van der Waals surface area (Å²) in [5, 5.41) is 17.0. The summed E-state index contributed by atoms with van der Waals surface area (Å²) in [6.07, 6.45) is 3.34. The molecule has 0 radical (unpaired) electrons. The van der Waals surface area contributed by atoms with Crippen molar-refractivity contribution in [1.29, 1.82) is 5.26 Å². The van der Waals surface area contributed by atoms with Gasteiger partial charge in [0.15, 0.2) is 5.82 Å². The van der Waals surface area contributed by atoms with Gasteiger partial charge >= 0.3 is 0 Å². The summed E-state index contributed by atoms with van der Waals surface area (Å²) in [7, 11) is 0. The van der Waals surface area contributed by atoms with Gasteiger partial charge in [0.05, 0.1) is 0 Å². The molecule has 0 unspecified atom stereocenters. The second-order valence-corrected chi connectivity index (χ2v) is 4.28. The fourth-order valence-corrected chi connectivity index (χ4v) is 2.35. The lowest BCUT2D eigenvalue weighted by Crippen LogP contribution is -1.96. The monoisotopic (exact) mass is 242 g/mol. The van der Waals surface area contributed by atoms with E-state index in [1.165, 1.54) is 11.3 Å². The Morgan fingerprint density at radius 2 is 2.06 bits per heavy atom. The van der Waals surface area contributed by atoms with E-state index in [9.17, 15) is 0 Å². The van der Waals surface area contributed by atoms with Crippen LogP contribution in [0, 0.1) is 11.3 Å². The first-order valence-electron chi connectivity index (χ1n) is 4.75. The normalized spacial score (nSPS) is 10.5. The van der Waals surface area contributed by atoms with Crippen LogP contribution in [-0.4, -0.2) is 19.6 Å². The molecular weight excluding hydrogens is 236 g/mol. The van der Waals surface area contributed by atoms with Gasteiger partial charge in [-0.1, -0.05) is 11.3 Å². The Labute approximate surface area is 100.0 Å². The predicted octanol–water partition coefficient (Wildman–Crippen LogP) is 1.31. The average molecular weight is 242 g/mol. The van der Waals surface area contributed by atoms with Crippen LogP contribution in [0.15, 0.2) is 24.5 Å². The number of rotatable bonds is 1. The van der Waals surface area contributed by atoms with Crippen LogP contribution in [0.4, 0.5) is 5.82 Å². The number of pyridine rings is 1. The highest BCUT2D eigenvalue weighted by Crippen LogP contribution is 2.28. The SMILES string of the molecule is N#Cc1sc2nnc(-c3ccncc3)n2c1N. The maximum Gasteiger partial charge on any atom is 0.219 e. The predicted molar refractivity (Wildman–Crippen MR) is 63.2 cm³/mol. The quantitative estimate of drug-likeness (QED) is 0.694. The molecule has 0 amide bonds. The second-order valence-electron chi connectivity index (χ2n) is 3.31. The number of anilines is 1. The number of aromatic nitrogens is 4. The molecule has 17 heavy (non-hydrogen) atoms. The van der Waals surface area contributed by atoms with E-state index in [0.717, 1.165) is 5.56 Å². The van der Waals surface area contributed by atoms with E-state index >= 15 is 0 Å². The van der Waals surface area contributed by atoms with Crippen molar-refractivity contribution in [2.24, 2.45) is 0 Å². The van der Waals surface area contributed by atoms with Gasteiger partial charge in [0.25, 0.3) is 0 Å². The third-order valence-electron chi connectivity index (χ3n) is 2.34. The minimum absolute atomic E-state index is 0.379. The van der Waals surface area contributed by atoms with E-state index in [-0.39, 0.29) is 0 Å². The Balaban J connectivity index is 2.32. The Kier molecular flexibility index (Phi) is 2.03. The van der Waals surface area contributed by atoms with Crippen molar-refractivity contribution < 1.29 is 0 Å². The minimum atomic E-state index is 0.379. The topological polar surface area (TPSA) is 92.9 Å². The Hall–Kier alpha value is -2.46. The minimum Gasteiger partial charge on any atom is -0.383 e. The van der Waals surface area contributed by atoms with Crippen molar-refractivity contribution in [2.45, 2.75) is 0 Å². The molecule has 6 nitrogen and oxygen atoms in total. The van der Waals surface area contributed by atoms with Crippen LogP contribution in [0.2, 0.25) is 0 Å². The van der Waals surface area contributed by atoms with E-state index < -0.39 is 0 Å². The number of hydrogen-bond acceptors (Lipinski definition) is 6. The van der Waals surface area contributed by atoms with Gasteiger partial charge in [-0.3, -0.25) is 9.38 Å². The molecule has 0 bridgehead atoms. The standard InChI is InChI=1S/C10H6N6S/c11-5-7-8(12)16-9(14-15-10(16)17-7)6-1-3-13-4-2-6/h1-4H,12H2. The van der Waals surface area contributed by atoms with Gasteiger partial charge in [-0.15, -0.1) is 10.2 Å². The van der Waals surface area contributed by atoms with E-state index in [1.54, 1.807) is 16.8 Å². The Morgan fingerprint density at radius 3 is 2.76 bits per heavy atom. The third kappa shape index (κ3) is 1.35. The zero-order valence-electron chi connectivity index (χ0n) is 8.53. The average Bonchev–Trinajstić information content (AvgIpc) is 2.91. The molecule has 7 heteroatoms. The molecule has 82 valence electrons.